The molecule has 180 valence electrons. The van der Waals surface area contributed by atoms with E-state index in [1.807, 2.05) is 13.8 Å². The third-order valence-corrected chi connectivity index (χ3v) is 4.61. The second kappa shape index (κ2) is 12.6. The Labute approximate surface area is 191 Å². The molecular weight excluding hydrogens is 436 g/mol. The van der Waals surface area contributed by atoms with Gasteiger partial charge in [-0.3, -0.25) is 14.5 Å². The Kier molecular flexibility index (Phi) is 9.86. The number of anilines is 2. The summed E-state index contributed by atoms with van der Waals surface area (Å²) in [4.78, 5) is 26.6. The molecule has 2 N–H and O–H groups in total. The molecule has 2 aromatic rings. The summed E-state index contributed by atoms with van der Waals surface area (Å²) in [5.74, 6) is 0.452. The van der Waals surface area contributed by atoms with Crippen LogP contribution >= 0.6 is 0 Å². The number of hydrogen-bond donors (Lipinski definition) is 2. The number of carbonyl (C=O) groups excluding carboxylic acids is 2. The van der Waals surface area contributed by atoms with Crippen molar-refractivity contribution in [2.75, 3.05) is 37.4 Å². The van der Waals surface area contributed by atoms with Crippen molar-refractivity contribution >= 4 is 23.2 Å². The highest BCUT2D eigenvalue weighted by atomic mass is 19.3. The summed E-state index contributed by atoms with van der Waals surface area (Å²) >= 11 is 0. The third-order valence-electron chi connectivity index (χ3n) is 4.61. The van der Waals surface area contributed by atoms with Gasteiger partial charge in [0.2, 0.25) is 11.8 Å². The van der Waals surface area contributed by atoms with Crippen molar-refractivity contribution in [1.82, 2.24) is 4.90 Å². The largest absolute Gasteiger partial charge is 0.490 e. The van der Waals surface area contributed by atoms with Gasteiger partial charge in [0.25, 0.3) is 0 Å². The van der Waals surface area contributed by atoms with Crippen molar-refractivity contribution in [3.8, 4) is 17.2 Å². The van der Waals surface area contributed by atoms with Crippen molar-refractivity contribution in [3.63, 3.8) is 0 Å². The summed E-state index contributed by atoms with van der Waals surface area (Å²) in [6, 6.07) is 10.1. The predicted octanol–water partition coefficient (Wildman–Crippen LogP) is 3.98. The van der Waals surface area contributed by atoms with Gasteiger partial charge in [0.1, 0.15) is 5.75 Å². The first-order valence-corrected chi connectivity index (χ1v) is 10.5. The van der Waals surface area contributed by atoms with Crippen LogP contribution in [0.1, 0.15) is 20.8 Å². The number of rotatable bonds is 12. The van der Waals surface area contributed by atoms with Gasteiger partial charge in [-0.05, 0) is 64.2 Å². The predicted molar refractivity (Wildman–Crippen MR) is 121 cm³/mol. The van der Waals surface area contributed by atoms with Gasteiger partial charge in [-0.15, -0.1) is 0 Å². The van der Waals surface area contributed by atoms with Crippen LogP contribution in [0, 0.1) is 0 Å². The van der Waals surface area contributed by atoms with Gasteiger partial charge >= 0.3 is 6.61 Å². The highest BCUT2D eigenvalue weighted by Crippen LogP contribution is 2.30. The number of hydrogen-bond acceptors (Lipinski definition) is 6. The van der Waals surface area contributed by atoms with Crippen LogP contribution in [0.25, 0.3) is 0 Å². The molecule has 0 aliphatic carbocycles. The van der Waals surface area contributed by atoms with Gasteiger partial charge in [0, 0.05) is 17.4 Å². The molecule has 1 unspecified atom stereocenters. The highest BCUT2D eigenvalue weighted by Gasteiger charge is 2.21. The van der Waals surface area contributed by atoms with Crippen LogP contribution in [0.2, 0.25) is 0 Å². The van der Waals surface area contributed by atoms with Crippen LogP contribution in [0.15, 0.2) is 42.5 Å². The number of carbonyl (C=O) groups is 2. The van der Waals surface area contributed by atoms with E-state index in [1.54, 1.807) is 37.1 Å². The molecule has 0 bridgehead atoms. The lowest BCUT2D eigenvalue weighted by molar-refractivity contribution is -0.122. The topological polar surface area (TPSA) is 89.1 Å². The van der Waals surface area contributed by atoms with Crippen LogP contribution in [-0.2, 0) is 9.59 Å². The lowest BCUT2D eigenvalue weighted by Gasteiger charge is -2.23. The standard InChI is InChI=1S/C23H29F2N3O5/c1-5-31-19-12-9-17(13-20(19)32-6-2)26-21(29)14-28(4)15(3)22(30)27-16-7-10-18(11-8-16)33-23(24)25/h7-13,15,23H,5-6,14H2,1-4H3,(H,26,29)(H,27,30). The Balaban J connectivity index is 1.91. The number of ether oxygens (including phenoxy) is 3. The zero-order valence-electron chi connectivity index (χ0n) is 19.1. The van der Waals surface area contributed by atoms with Gasteiger partial charge in [-0.25, -0.2) is 0 Å². The lowest BCUT2D eigenvalue weighted by atomic mass is 10.2. The third kappa shape index (κ3) is 8.23. The van der Waals surface area contributed by atoms with Crippen molar-refractivity contribution in [2.24, 2.45) is 0 Å². The van der Waals surface area contributed by atoms with E-state index in [9.17, 15) is 18.4 Å². The van der Waals surface area contributed by atoms with Gasteiger partial charge in [0.15, 0.2) is 11.5 Å². The summed E-state index contributed by atoms with van der Waals surface area (Å²) < 4.78 is 39.8. The molecule has 1 atom stereocenters. The fraction of sp³-hybridized carbons (Fsp3) is 0.391. The van der Waals surface area contributed by atoms with E-state index in [2.05, 4.69) is 15.4 Å². The molecule has 0 saturated heterocycles. The summed E-state index contributed by atoms with van der Waals surface area (Å²) in [6.45, 7) is 3.37. The van der Waals surface area contributed by atoms with E-state index >= 15 is 0 Å². The Morgan fingerprint density at radius 1 is 0.939 bits per heavy atom. The first kappa shape index (κ1) is 25.9. The van der Waals surface area contributed by atoms with E-state index < -0.39 is 12.7 Å². The van der Waals surface area contributed by atoms with Crippen LogP contribution < -0.4 is 24.8 Å². The molecule has 0 heterocycles. The summed E-state index contributed by atoms with van der Waals surface area (Å²) in [6.07, 6.45) is 0. The fourth-order valence-corrected chi connectivity index (χ4v) is 2.86. The van der Waals surface area contributed by atoms with Crippen molar-refractivity contribution in [2.45, 2.75) is 33.4 Å². The van der Waals surface area contributed by atoms with E-state index in [1.165, 1.54) is 24.3 Å². The SMILES string of the molecule is CCOc1ccc(NC(=O)CN(C)C(C)C(=O)Nc2ccc(OC(F)F)cc2)cc1OCC. The number of benzene rings is 2. The minimum atomic E-state index is -2.92. The van der Waals surface area contributed by atoms with Gasteiger partial charge in [0.05, 0.1) is 25.8 Å². The smallest absolute Gasteiger partial charge is 0.387 e. The minimum Gasteiger partial charge on any atom is -0.490 e. The minimum absolute atomic E-state index is 0.00776. The molecule has 0 aliphatic rings. The quantitative estimate of drug-likeness (QED) is 0.493. The second-order valence-electron chi connectivity index (χ2n) is 7.06. The fourth-order valence-electron chi connectivity index (χ4n) is 2.86. The first-order chi connectivity index (χ1) is 15.7. The molecule has 0 radical (unpaired) electrons. The van der Waals surface area contributed by atoms with Gasteiger partial charge < -0.3 is 24.8 Å². The van der Waals surface area contributed by atoms with Crippen molar-refractivity contribution in [1.29, 1.82) is 0 Å². The summed E-state index contributed by atoms with van der Waals surface area (Å²) in [7, 11) is 1.65. The van der Waals surface area contributed by atoms with Crippen LogP contribution in [0.4, 0.5) is 20.2 Å². The van der Waals surface area contributed by atoms with E-state index in [0.29, 0.717) is 36.1 Å². The zero-order chi connectivity index (χ0) is 24.4. The average Bonchev–Trinajstić information content (AvgIpc) is 2.76. The Morgan fingerprint density at radius 2 is 1.55 bits per heavy atom. The molecule has 10 heteroatoms. The molecule has 0 saturated carbocycles. The van der Waals surface area contributed by atoms with Crippen molar-refractivity contribution < 1.29 is 32.6 Å². The van der Waals surface area contributed by atoms with Crippen LogP contribution in [0.5, 0.6) is 17.2 Å². The Bertz CT molecular complexity index is 925. The average molecular weight is 465 g/mol. The summed E-state index contributed by atoms with van der Waals surface area (Å²) in [5, 5.41) is 5.46. The van der Waals surface area contributed by atoms with Crippen LogP contribution in [-0.4, -0.2) is 56.2 Å². The monoisotopic (exact) mass is 465 g/mol. The number of nitrogens with zero attached hydrogens (tertiary/aromatic N) is 1. The Hall–Kier alpha value is -3.40. The normalized spacial score (nSPS) is 11.8. The number of alkyl halides is 2. The molecule has 0 fully saturated rings. The van der Waals surface area contributed by atoms with E-state index in [0.717, 1.165) is 0 Å². The molecule has 2 amide bonds. The molecule has 2 rings (SSSR count). The molecule has 2 aromatic carbocycles. The maximum Gasteiger partial charge on any atom is 0.387 e. The number of likely N-dealkylation sites (N-methyl/N-ethyl adjacent to an activating group) is 1. The molecule has 33 heavy (non-hydrogen) atoms. The maximum atomic E-state index is 12.5. The molecular formula is C23H29F2N3O5. The van der Waals surface area contributed by atoms with Gasteiger partial charge in [-0.2, -0.15) is 8.78 Å². The van der Waals surface area contributed by atoms with E-state index in [-0.39, 0.29) is 24.1 Å². The number of halogens is 2. The first-order valence-electron chi connectivity index (χ1n) is 10.5. The second-order valence-corrected chi connectivity index (χ2v) is 7.06. The Morgan fingerprint density at radius 3 is 2.15 bits per heavy atom. The van der Waals surface area contributed by atoms with E-state index in [4.69, 9.17) is 9.47 Å². The number of amides is 2. The molecule has 8 nitrogen and oxygen atoms in total. The highest BCUT2D eigenvalue weighted by molar-refractivity contribution is 5.96. The van der Waals surface area contributed by atoms with Crippen molar-refractivity contribution in [3.05, 3.63) is 42.5 Å². The summed E-state index contributed by atoms with van der Waals surface area (Å²) in [5.41, 5.74) is 0.965. The zero-order valence-corrected chi connectivity index (χ0v) is 19.1. The van der Waals surface area contributed by atoms with Crippen LogP contribution in [0.3, 0.4) is 0 Å². The molecule has 0 aromatic heterocycles. The lowest BCUT2D eigenvalue weighted by Crippen LogP contribution is -2.43. The van der Waals surface area contributed by atoms with Gasteiger partial charge in [-0.1, -0.05) is 0 Å². The molecule has 0 aliphatic heterocycles. The number of nitrogens with one attached hydrogen (secondary N) is 2. The molecule has 0 spiro atoms. The maximum absolute atomic E-state index is 12.5.